The lowest BCUT2D eigenvalue weighted by molar-refractivity contribution is -0.147. The van der Waals surface area contributed by atoms with Crippen LogP contribution in [-0.2, 0) is 16.9 Å². The topological polar surface area (TPSA) is 64.6 Å². The number of nitrogens with one attached hydrogen (secondary N) is 2. The first-order valence-corrected chi connectivity index (χ1v) is 11.7. The quantitative estimate of drug-likeness (QED) is 0.534. The van der Waals surface area contributed by atoms with Gasteiger partial charge in [-0.25, -0.2) is 0 Å². The number of piperidine rings is 1. The Hall–Kier alpha value is -1.92. The average Bonchev–Trinajstić information content (AvgIpc) is 3.20. The molecule has 2 aromatic rings. The van der Waals surface area contributed by atoms with Gasteiger partial charge in [0, 0.05) is 31.6 Å². The van der Waals surface area contributed by atoms with Gasteiger partial charge in [0.1, 0.15) is 0 Å². The van der Waals surface area contributed by atoms with Gasteiger partial charge in [-0.05, 0) is 35.8 Å². The Kier molecular flexibility index (Phi) is 7.21. The molecule has 2 unspecified atom stereocenters. The molecule has 3 N–H and O–H groups in total. The summed E-state index contributed by atoms with van der Waals surface area (Å²) < 4.78 is 0. The van der Waals surface area contributed by atoms with Crippen molar-refractivity contribution in [2.45, 2.75) is 43.9 Å². The van der Waals surface area contributed by atoms with Crippen LogP contribution in [0.15, 0.2) is 60.7 Å². The highest BCUT2D eigenvalue weighted by Crippen LogP contribution is 2.46. The largest absolute Gasteiger partial charge is 0.375 e. The number of carbonyl (C=O) groups excluding carboxylic acids is 1. The Bertz CT molecular complexity index is 878. The molecule has 0 aromatic heterocycles. The van der Waals surface area contributed by atoms with E-state index >= 15 is 0 Å². The minimum atomic E-state index is -1.44. The number of likely N-dealkylation sites (tertiary alicyclic amines) is 1. The molecule has 0 bridgehead atoms. The standard InChI is InChI=1S/C26H33N3O2.ClH/c30-25(26(31,21-13-7-8-14-21)20-11-5-2-6-12-20)28-18-27-24-22-16-29(17-23(22)24)15-19-9-3-1-4-10-19;/h1-6,9-12,21-24,27,31H,7-8,13-18H2,(H,28,30);1H/t22-,23+,24?,26?;. The zero-order valence-electron chi connectivity index (χ0n) is 18.5. The molecule has 1 saturated heterocycles. The summed E-state index contributed by atoms with van der Waals surface area (Å²) in [4.78, 5) is 15.7. The normalized spacial score (nSPS) is 26.7. The van der Waals surface area contributed by atoms with Crippen LogP contribution in [-0.4, -0.2) is 41.7 Å². The Morgan fingerprint density at radius 1 is 0.969 bits per heavy atom. The molecule has 4 atom stereocenters. The van der Waals surface area contributed by atoms with Crippen molar-refractivity contribution < 1.29 is 9.90 Å². The number of aliphatic hydroxyl groups is 1. The van der Waals surface area contributed by atoms with Gasteiger partial charge in [-0.3, -0.25) is 15.0 Å². The molecular formula is C26H34ClN3O2. The molecule has 3 fully saturated rings. The average molecular weight is 456 g/mol. The Labute approximate surface area is 197 Å². The molecule has 5 rings (SSSR count). The van der Waals surface area contributed by atoms with Crippen LogP contribution in [0.4, 0.5) is 0 Å². The predicted octanol–water partition coefficient (Wildman–Crippen LogP) is 3.28. The fraction of sp³-hybridized carbons (Fsp3) is 0.500. The van der Waals surface area contributed by atoms with Crippen molar-refractivity contribution in [1.29, 1.82) is 0 Å². The van der Waals surface area contributed by atoms with Crippen molar-refractivity contribution in [3.8, 4) is 0 Å². The number of carbonyl (C=O) groups is 1. The highest BCUT2D eigenvalue weighted by molar-refractivity contribution is 5.86. The second-order valence-corrected chi connectivity index (χ2v) is 9.53. The SMILES string of the molecule is Cl.O=C(NCNC1[C@H]2CN(Cc3ccccc3)C[C@@H]12)C(O)(c1ccccc1)C1CCCC1. The lowest BCUT2D eigenvalue weighted by atomic mass is 9.79. The van der Waals surface area contributed by atoms with E-state index in [0.29, 0.717) is 30.1 Å². The number of fused-ring (bicyclic) bond motifs is 1. The minimum Gasteiger partial charge on any atom is -0.375 e. The van der Waals surface area contributed by atoms with E-state index in [1.165, 1.54) is 5.56 Å². The molecule has 1 aliphatic heterocycles. The molecule has 0 radical (unpaired) electrons. The summed E-state index contributed by atoms with van der Waals surface area (Å²) in [5.41, 5.74) is 0.637. The molecule has 0 spiro atoms. The number of nitrogens with zero attached hydrogens (tertiary/aromatic N) is 1. The molecule has 5 nitrogen and oxygen atoms in total. The first kappa shape index (κ1) is 23.2. The third-order valence-corrected chi connectivity index (χ3v) is 7.61. The molecule has 2 aromatic carbocycles. The van der Waals surface area contributed by atoms with E-state index in [0.717, 1.165) is 45.3 Å². The van der Waals surface area contributed by atoms with Gasteiger partial charge in [0.25, 0.3) is 5.91 Å². The number of halogens is 1. The number of benzene rings is 2. The zero-order chi connectivity index (χ0) is 21.3. The van der Waals surface area contributed by atoms with Crippen LogP contribution >= 0.6 is 12.4 Å². The summed E-state index contributed by atoms with van der Waals surface area (Å²) in [7, 11) is 0. The summed E-state index contributed by atoms with van der Waals surface area (Å²) in [5, 5.41) is 18.0. The highest BCUT2D eigenvalue weighted by atomic mass is 35.5. The predicted molar refractivity (Wildman–Crippen MR) is 128 cm³/mol. The van der Waals surface area contributed by atoms with Crippen LogP contribution < -0.4 is 10.6 Å². The Morgan fingerprint density at radius 3 is 2.19 bits per heavy atom. The minimum absolute atomic E-state index is 0. The van der Waals surface area contributed by atoms with Crippen molar-refractivity contribution in [3.63, 3.8) is 0 Å². The molecule has 2 saturated carbocycles. The molecular weight excluding hydrogens is 422 g/mol. The van der Waals surface area contributed by atoms with E-state index < -0.39 is 5.60 Å². The number of hydrogen-bond donors (Lipinski definition) is 3. The summed E-state index contributed by atoms with van der Waals surface area (Å²) >= 11 is 0. The highest BCUT2D eigenvalue weighted by Gasteiger charge is 2.55. The van der Waals surface area contributed by atoms with E-state index in [1.54, 1.807) is 0 Å². The van der Waals surface area contributed by atoms with Gasteiger partial charge in [0.2, 0.25) is 0 Å². The molecule has 32 heavy (non-hydrogen) atoms. The molecule has 1 amide bonds. The third kappa shape index (κ3) is 4.58. The number of amides is 1. The van der Waals surface area contributed by atoms with Crippen LogP contribution in [0, 0.1) is 17.8 Å². The van der Waals surface area contributed by atoms with Crippen molar-refractivity contribution >= 4 is 18.3 Å². The van der Waals surface area contributed by atoms with Crippen molar-refractivity contribution in [3.05, 3.63) is 71.8 Å². The van der Waals surface area contributed by atoms with Gasteiger partial charge in [-0.1, -0.05) is 73.5 Å². The van der Waals surface area contributed by atoms with Crippen molar-refractivity contribution in [1.82, 2.24) is 15.5 Å². The van der Waals surface area contributed by atoms with Crippen LogP contribution in [0.3, 0.4) is 0 Å². The second kappa shape index (κ2) is 9.92. The fourth-order valence-electron chi connectivity index (χ4n) is 5.86. The molecule has 3 aliphatic rings. The summed E-state index contributed by atoms with van der Waals surface area (Å²) in [6, 6.07) is 20.6. The number of rotatable bonds is 8. The fourth-order valence-corrected chi connectivity index (χ4v) is 5.86. The van der Waals surface area contributed by atoms with E-state index in [4.69, 9.17) is 0 Å². The van der Waals surface area contributed by atoms with Gasteiger partial charge in [-0.15, -0.1) is 12.4 Å². The molecule has 2 aliphatic carbocycles. The molecule has 1 heterocycles. The lowest BCUT2D eigenvalue weighted by Gasteiger charge is -2.33. The maximum absolute atomic E-state index is 13.1. The molecule has 172 valence electrons. The second-order valence-electron chi connectivity index (χ2n) is 9.53. The van der Waals surface area contributed by atoms with Gasteiger partial charge < -0.3 is 10.4 Å². The van der Waals surface area contributed by atoms with Crippen LogP contribution in [0.1, 0.15) is 36.8 Å². The van der Waals surface area contributed by atoms with Crippen molar-refractivity contribution in [2.75, 3.05) is 19.8 Å². The van der Waals surface area contributed by atoms with Gasteiger partial charge >= 0.3 is 0 Å². The zero-order valence-corrected chi connectivity index (χ0v) is 19.3. The molecule has 6 heteroatoms. The van der Waals surface area contributed by atoms with E-state index in [2.05, 4.69) is 45.9 Å². The van der Waals surface area contributed by atoms with Gasteiger partial charge in [-0.2, -0.15) is 0 Å². The third-order valence-electron chi connectivity index (χ3n) is 7.61. The maximum Gasteiger partial charge on any atom is 0.257 e. The number of hydrogen-bond acceptors (Lipinski definition) is 4. The monoisotopic (exact) mass is 455 g/mol. The van der Waals surface area contributed by atoms with Gasteiger partial charge in [0.15, 0.2) is 5.60 Å². The van der Waals surface area contributed by atoms with Gasteiger partial charge in [0.05, 0.1) is 6.67 Å². The first-order chi connectivity index (χ1) is 15.2. The summed E-state index contributed by atoms with van der Waals surface area (Å²) in [6.45, 7) is 3.66. The van der Waals surface area contributed by atoms with Crippen molar-refractivity contribution in [2.24, 2.45) is 17.8 Å². The maximum atomic E-state index is 13.1. The summed E-state index contributed by atoms with van der Waals surface area (Å²) in [6.07, 6.45) is 3.96. The Balaban J connectivity index is 0.00000245. The van der Waals surface area contributed by atoms with E-state index in [9.17, 15) is 9.90 Å². The Morgan fingerprint density at radius 2 is 1.56 bits per heavy atom. The summed E-state index contributed by atoms with van der Waals surface area (Å²) in [5.74, 6) is 1.06. The van der Waals surface area contributed by atoms with Crippen LogP contribution in [0.5, 0.6) is 0 Å². The smallest absolute Gasteiger partial charge is 0.257 e. The lowest BCUT2D eigenvalue weighted by Crippen LogP contribution is -2.51. The van der Waals surface area contributed by atoms with E-state index in [1.807, 2.05) is 30.3 Å². The van der Waals surface area contributed by atoms with E-state index in [-0.39, 0.29) is 24.2 Å². The first-order valence-electron chi connectivity index (χ1n) is 11.7. The van der Waals surface area contributed by atoms with Crippen LogP contribution in [0.2, 0.25) is 0 Å². The van der Waals surface area contributed by atoms with Crippen LogP contribution in [0.25, 0.3) is 0 Å².